The zero-order chi connectivity index (χ0) is 7.56. The van der Waals surface area contributed by atoms with Crippen molar-refractivity contribution in [1.82, 2.24) is 5.32 Å². The summed E-state index contributed by atoms with van der Waals surface area (Å²) in [7, 11) is 0. The summed E-state index contributed by atoms with van der Waals surface area (Å²) in [4.78, 5) is 4.79. The molecule has 3 atom stereocenters. The molecule has 0 aromatic heterocycles. The van der Waals surface area contributed by atoms with E-state index in [1.54, 1.807) is 0 Å². The second-order valence-electron chi connectivity index (χ2n) is 3.20. The fourth-order valence-electron chi connectivity index (χ4n) is 1.62. The SMILES string of the molecule is C[C@@H]1C[C@@H](ON)C[C@H](C)N1.Cl.Cl. The number of nitrogens with two attached hydrogens (primary N) is 1. The van der Waals surface area contributed by atoms with E-state index in [2.05, 4.69) is 19.2 Å². The van der Waals surface area contributed by atoms with E-state index in [-0.39, 0.29) is 30.9 Å². The lowest BCUT2D eigenvalue weighted by atomic mass is 9.98. The molecule has 1 fully saturated rings. The Balaban J connectivity index is 0. The molecule has 3 N–H and O–H groups in total. The predicted octanol–water partition coefficient (Wildman–Crippen LogP) is 1.25. The Kier molecular flexibility index (Phi) is 8.63. The molecule has 0 unspecified atom stereocenters. The van der Waals surface area contributed by atoms with Gasteiger partial charge in [-0.25, -0.2) is 5.90 Å². The van der Waals surface area contributed by atoms with Crippen molar-refractivity contribution in [2.45, 2.75) is 44.9 Å². The van der Waals surface area contributed by atoms with Crippen molar-refractivity contribution in [3.05, 3.63) is 0 Å². The summed E-state index contributed by atoms with van der Waals surface area (Å²) < 4.78 is 0. The van der Waals surface area contributed by atoms with Crippen LogP contribution in [-0.2, 0) is 4.84 Å². The van der Waals surface area contributed by atoms with E-state index < -0.39 is 0 Å². The molecule has 1 aliphatic rings. The highest BCUT2D eigenvalue weighted by Gasteiger charge is 2.22. The van der Waals surface area contributed by atoms with Crippen LogP contribution in [0, 0.1) is 0 Å². The lowest BCUT2D eigenvalue weighted by Crippen LogP contribution is -2.45. The monoisotopic (exact) mass is 216 g/mol. The highest BCUT2D eigenvalue weighted by Crippen LogP contribution is 2.14. The number of hydrogen-bond acceptors (Lipinski definition) is 3. The van der Waals surface area contributed by atoms with Gasteiger partial charge in [-0.3, -0.25) is 0 Å². The van der Waals surface area contributed by atoms with E-state index in [1.165, 1.54) is 0 Å². The maximum absolute atomic E-state index is 5.10. The minimum atomic E-state index is 0. The molecule has 0 spiro atoms. The fourth-order valence-corrected chi connectivity index (χ4v) is 1.62. The van der Waals surface area contributed by atoms with Crippen LogP contribution < -0.4 is 11.2 Å². The van der Waals surface area contributed by atoms with Gasteiger partial charge in [0, 0.05) is 12.1 Å². The zero-order valence-electron chi connectivity index (χ0n) is 7.45. The minimum Gasteiger partial charge on any atom is -0.312 e. The maximum atomic E-state index is 5.10. The van der Waals surface area contributed by atoms with Gasteiger partial charge in [0.1, 0.15) is 0 Å². The number of piperidine rings is 1. The largest absolute Gasteiger partial charge is 0.312 e. The molecule has 0 saturated carbocycles. The van der Waals surface area contributed by atoms with Crippen molar-refractivity contribution in [1.29, 1.82) is 0 Å². The van der Waals surface area contributed by atoms with Crippen LogP contribution in [0.4, 0.5) is 0 Å². The first-order chi connectivity index (χ1) is 4.72. The topological polar surface area (TPSA) is 47.3 Å². The van der Waals surface area contributed by atoms with E-state index in [1.807, 2.05) is 0 Å². The molecule has 1 rings (SSSR count). The second-order valence-corrected chi connectivity index (χ2v) is 3.20. The van der Waals surface area contributed by atoms with E-state index in [0.717, 1.165) is 12.8 Å². The molecule has 1 saturated heterocycles. The number of halogens is 2. The number of rotatable bonds is 1. The van der Waals surface area contributed by atoms with Crippen LogP contribution >= 0.6 is 24.8 Å². The average molecular weight is 217 g/mol. The third-order valence-corrected chi connectivity index (χ3v) is 1.99. The van der Waals surface area contributed by atoms with Crippen molar-refractivity contribution in [2.75, 3.05) is 0 Å². The number of nitrogens with one attached hydrogen (secondary N) is 1. The third kappa shape index (κ3) is 4.48. The van der Waals surface area contributed by atoms with Gasteiger partial charge in [0.25, 0.3) is 0 Å². The minimum absolute atomic E-state index is 0. The molecule has 0 amide bonds. The molecule has 5 heteroatoms. The molecule has 76 valence electrons. The van der Waals surface area contributed by atoms with Gasteiger partial charge in [-0.1, -0.05) is 0 Å². The molecule has 1 heterocycles. The summed E-state index contributed by atoms with van der Waals surface area (Å²) in [6.07, 6.45) is 2.31. The Labute approximate surface area is 86.2 Å². The maximum Gasteiger partial charge on any atom is 0.0816 e. The Morgan fingerprint density at radius 1 is 1.17 bits per heavy atom. The Bertz CT molecular complexity index is 106. The van der Waals surface area contributed by atoms with Gasteiger partial charge >= 0.3 is 0 Å². The third-order valence-electron chi connectivity index (χ3n) is 1.99. The Morgan fingerprint density at radius 3 is 1.92 bits per heavy atom. The first-order valence-electron chi connectivity index (χ1n) is 3.84. The average Bonchev–Trinajstić information content (AvgIpc) is 1.85. The molecule has 0 aromatic rings. The molecule has 0 bridgehead atoms. The normalized spacial score (nSPS) is 34.8. The van der Waals surface area contributed by atoms with Crippen molar-refractivity contribution >= 4 is 24.8 Å². The predicted molar refractivity (Wildman–Crippen MR) is 54.9 cm³/mol. The molecule has 12 heavy (non-hydrogen) atoms. The van der Waals surface area contributed by atoms with Crippen LogP contribution in [-0.4, -0.2) is 18.2 Å². The summed E-state index contributed by atoms with van der Waals surface area (Å²) in [6.45, 7) is 4.31. The van der Waals surface area contributed by atoms with Gasteiger partial charge in [-0.2, -0.15) is 0 Å². The van der Waals surface area contributed by atoms with Gasteiger partial charge in [-0.05, 0) is 26.7 Å². The van der Waals surface area contributed by atoms with Crippen molar-refractivity contribution in [2.24, 2.45) is 5.90 Å². The van der Waals surface area contributed by atoms with Crippen LogP contribution in [0.15, 0.2) is 0 Å². The van der Waals surface area contributed by atoms with E-state index in [9.17, 15) is 0 Å². The van der Waals surface area contributed by atoms with Crippen LogP contribution in [0.2, 0.25) is 0 Å². The van der Waals surface area contributed by atoms with Gasteiger partial charge in [0.2, 0.25) is 0 Å². The summed E-state index contributed by atoms with van der Waals surface area (Å²) >= 11 is 0. The van der Waals surface area contributed by atoms with Gasteiger partial charge in [0.05, 0.1) is 6.10 Å². The lowest BCUT2D eigenvalue weighted by molar-refractivity contribution is 0.0129. The summed E-state index contributed by atoms with van der Waals surface area (Å²) in [5, 5.41) is 3.41. The van der Waals surface area contributed by atoms with Gasteiger partial charge in [-0.15, -0.1) is 24.8 Å². The lowest BCUT2D eigenvalue weighted by Gasteiger charge is -2.31. The molecule has 3 nitrogen and oxygen atoms in total. The second kappa shape index (κ2) is 6.92. The van der Waals surface area contributed by atoms with E-state index >= 15 is 0 Å². The van der Waals surface area contributed by atoms with Crippen LogP contribution in [0.3, 0.4) is 0 Å². The van der Waals surface area contributed by atoms with E-state index in [0.29, 0.717) is 12.1 Å². The molecule has 0 radical (unpaired) electrons. The summed E-state index contributed by atoms with van der Waals surface area (Å²) in [5.74, 6) is 5.10. The highest BCUT2D eigenvalue weighted by atomic mass is 35.5. The summed E-state index contributed by atoms with van der Waals surface area (Å²) in [5.41, 5.74) is 0. The fraction of sp³-hybridized carbons (Fsp3) is 1.00. The van der Waals surface area contributed by atoms with Crippen LogP contribution in [0.25, 0.3) is 0 Å². The smallest absolute Gasteiger partial charge is 0.0816 e. The first-order valence-corrected chi connectivity index (χ1v) is 3.84. The molecule has 0 aromatic carbocycles. The van der Waals surface area contributed by atoms with Crippen molar-refractivity contribution < 1.29 is 4.84 Å². The van der Waals surface area contributed by atoms with Crippen molar-refractivity contribution in [3.8, 4) is 0 Å². The zero-order valence-corrected chi connectivity index (χ0v) is 9.08. The Hall–Kier alpha value is 0.460. The van der Waals surface area contributed by atoms with Gasteiger partial charge in [0.15, 0.2) is 0 Å². The summed E-state index contributed by atoms with van der Waals surface area (Å²) in [6, 6.07) is 1.08. The van der Waals surface area contributed by atoms with Gasteiger partial charge < -0.3 is 10.2 Å². The number of hydrogen-bond donors (Lipinski definition) is 2. The highest BCUT2D eigenvalue weighted by molar-refractivity contribution is 5.85. The standard InChI is InChI=1S/C7H16N2O.2ClH/c1-5-3-7(10-8)4-6(2)9-5;;/h5-7,9H,3-4,8H2,1-2H3;2*1H/t5-,6+,7-;;. The molecule has 1 aliphatic heterocycles. The van der Waals surface area contributed by atoms with Crippen LogP contribution in [0.5, 0.6) is 0 Å². The molecular weight excluding hydrogens is 199 g/mol. The van der Waals surface area contributed by atoms with Crippen molar-refractivity contribution in [3.63, 3.8) is 0 Å². The van der Waals surface area contributed by atoms with E-state index in [4.69, 9.17) is 10.7 Å². The molecule has 0 aliphatic carbocycles. The quantitative estimate of drug-likeness (QED) is 0.650. The Morgan fingerprint density at radius 2 is 1.58 bits per heavy atom. The van der Waals surface area contributed by atoms with Crippen LogP contribution in [0.1, 0.15) is 26.7 Å². The molecular formula is C7H18Cl2N2O. The first kappa shape index (κ1) is 15.0.